The SMILES string of the molecule is Cc1cc(NC(=O)c2nc3ccccc3s2)n(-c2nc3ccc(F)cc3s2)n1. The number of anilines is 1. The maximum Gasteiger partial charge on any atom is 0.285 e. The number of rotatable bonds is 3. The summed E-state index contributed by atoms with van der Waals surface area (Å²) in [6.45, 7) is 1.83. The smallest absolute Gasteiger partial charge is 0.285 e. The molecule has 0 aliphatic heterocycles. The standard InChI is InChI=1S/C19H12FN5OS2/c1-10-8-16(23-17(26)18-21-12-4-2-3-5-14(12)27-18)25(24-10)19-22-13-7-6-11(20)9-15(13)28-19/h2-9H,1H3,(H,23,26). The maximum absolute atomic E-state index is 13.5. The summed E-state index contributed by atoms with van der Waals surface area (Å²) in [6, 6.07) is 13.8. The predicted molar refractivity (Wildman–Crippen MR) is 109 cm³/mol. The van der Waals surface area contributed by atoms with Gasteiger partial charge in [0, 0.05) is 6.07 Å². The van der Waals surface area contributed by atoms with E-state index in [-0.39, 0.29) is 11.7 Å². The van der Waals surface area contributed by atoms with Gasteiger partial charge in [-0.3, -0.25) is 4.79 Å². The van der Waals surface area contributed by atoms with Gasteiger partial charge in [-0.15, -0.1) is 11.3 Å². The van der Waals surface area contributed by atoms with Crippen molar-refractivity contribution in [3.8, 4) is 5.13 Å². The molecule has 0 radical (unpaired) electrons. The van der Waals surface area contributed by atoms with E-state index in [4.69, 9.17) is 0 Å². The summed E-state index contributed by atoms with van der Waals surface area (Å²) in [7, 11) is 0. The largest absolute Gasteiger partial charge is 0.304 e. The molecule has 0 saturated heterocycles. The molecule has 0 bridgehead atoms. The zero-order valence-electron chi connectivity index (χ0n) is 14.5. The summed E-state index contributed by atoms with van der Waals surface area (Å²) < 4.78 is 16.7. The molecule has 0 fully saturated rings. The van der Waals surface area contributed by atoms with Crippen molar-refractivity contribution in [3.63, 3.8) is 0 Å². The van der Waals surface area contributed by atoms with Crippen LogP contribution in [0.2, 0.25) is 0 Å². The second-order valence-electron chi connectivity index (χ2n) is 6.13. The van der Waals surface area contributed by atoms with Crippen molar-refractivity contribution in [2.24, 2.45) is 0 Å². The van der Waals surface area contributed by atoms with Gasteiger partial charge < -0.3 is 5.32 Å². The average Bonchev–Trinajstić information content (AvgIpc) is 3.37. The second-order valence-corrected chi connectivity index (χ2v) is 8.17. The normalized spacial score (nSPS) is 11.4. The molecule has 138 valence electrons. The topological polar surface area (TPSA) is 72.7 Å². The van der Waals surface area contributed by atoms with Gasteiger partial charge in [-0.2, -0.15) is 9.78 Å². The number of hydrogen-bond acceptors (Lipinski definition) is 6. The Labute approximate surface area is 166 Å². The number of benzene rings is 2. The number of fused-ring (bicyclic) bond motifs is 2. The number of amides is 1. The molecule has 0 unspecified atom stereocenters. The molecule has 0 aliphatic rings. The third-order valence-corrected chi connectivity index (χ3v) is 6.11. The zero-order valence-corrected chi connectivity index (χ0v) is 16.1. The van der Waals surface area contributed by atoms with Crippen LogP contribution < -0.4 is 5.32 Å². The van der Waals surface area contributed by atoms with Gasteiger partial charge in [0.1, 0.15) is 11.6 Å². The first kappa shape index (κ1) is 17.0. The number of halogens is 1. The van der Waals surface area contributed by atoms with Crippen LogP contribution in [-0.4, -0.2) is 25.7 Å². The van der Waals surface area contributed by atoms with E-state index in [0.29, 0.717) is 26.2 Å². The van der Waals surface area contributed by atoms with Crippen molar-refractivity contribution in [2.75, 3.05) is 5.32 Å². The van der Waals surface area contributed by atoms with Crippen LogP contribution in [0.5, 0.6) is 0 Å². The summed E-state index contributed by atoms with van der Waals surface area (Å²) in [5.74, 6) is -0.139. The lowest BCUT2D eigenvalue weighted by atomic mass is 10.3. The quantitative estimate of drug-likeness (QED) is 0.465. The zero-order chi connectivity index (χ0) is 19.3. The van der Waals surface area contributed by atoms with E-state index >= 15 is 0 Å². The van der Waals surface area contributed by atoms with E-state index in [1.165, 1.54) is 34.8 Å². The number of carbonyl (C=O) groups excluding carboxylic acids is 1. The molecule has 2 aromatic carbocycles. The first-order valence-electron chi connectivity index (χ1n) is 8.37. The van der Waals surface area contributed by atoms with Crippen LogP contribution in [0.1, 0.15) is 15.5 Å². The van der Waals surface area contributed by atoms with E-state index < -0.39 is 0 Å². The highest BCUT2D eigenvalue weighted by molar-refractivity contribution is 7.21. The fourth-order valence-corrected chi connectivity index (χ4v) is 4.67. The van der Waals surface area contributed by atoms with Crippen LogP contribution in [-0.2, 0) is 0 Å². The van der Waals surface area contributed by atoms with Crippen molar-refractivity contribution in [3.05, 3.63) is 65.0 Å². The highest BCUT2D eigenvalue weighted by atomic mass is 32.1. The number of aromatic nitrogens is 4. The Morgan fingerprint density at radius 2 is 1.86 bits per heavy atom. The number of thiazole rings is 2. The van der Waals surface area contributed by atoms with Crippen molar-refractivity contribution in [1.29, 1.82) is 0 Å². The molecule has 28 heavy (non-hydrogen) atoms. The Morgan fingerprint density at radius 1 is 1.04 bits per heavy atom. The van der Waals surface area contributed by atoms with Crippen LogP contribution in [0, 0.1) is 12.7 Å². The molecule has 5 rings (SSSR count). The van der Waals surface area contributed by atoms with E-state index in [1.807, 2.05) is 31.2 Å². The summed E-state index contributed by atoms with van der Waals surface area (Å²) in [6.07, 6.45) is 0. The van der Waals surface area contributed by atoms with Gasteiger partial charge in [0.25, 0.3) is 5.91 Å². The highest BCUT2D eigenvalue weighted by Crippen LogP contribution is 2.28. The van der Waals surface area contributed by atoms with Crippen molar-refractivity contribution < 1.29 is 9.18 Å². The third kappa shape index (κ3) is 2.94. The summed E-state index contributed by atoms with van der Waals surface area (Å²) in [4.78, 5) is 21.6. The fraction of sp³-hybridized carbons (Fsp3) is 0.0526. The molecule has 0 atom stereocenters. The summed E-state index contributed by atoms with van der Waals surface area (Å²) in [5.41, 5.74) is 2.19. The number of carbonyl (C=O) groups is 1. The number of hydrogen-bond donors (Lipinski definition) is 1. The lowest BCUT2D eigenvalue weighted by molar-refractivity contribution is 0.102. The van der Waals surface area contributed by atoms with E-state index in [0.717, 1.165) is 15.9 Å². The number of nitrogens with one attached hydrogen (secondary N) is 1. The second kappa shape index (κ2) is 6.47. The van der Waals surface area contributed by atoms with Crippen LogP contribution in [0.25, 0.3) is 25.6 Å². The molecule has 0 spiro atoms. The Hall–Kier alpha value is -3.17. The lowest BCUT2D eigenvalue weighted by Gasteiger charge is -2.04. The molecule has 0 saturated carbocycles. The predicted octanol–water partition coefficient (Wildman–Crippen LogP) is 4.79. The van der Waals surface area contributed by atoms with Gasteiger partial charge >= 0.3 is 0 Å². The lowest BCUT2D eigenvalue weighted by Crippen LogP contribution is -2.14. The van der Waals surface area contributed by atoms with Gasteiger partial charge in [-0.25, -0.2) is 14.4 Å². The fourth-order valence-electron chi connectivity index (χ4n) is 2.85. The molecule has 6 nitrogen and oxygen atoms in total. The Bertz CT molecular complexity index is 1320. The highest BCUT2D eigenvalue weighted by Gasteiger charge is 2.18. The first-order chi connectivity index (χ1) is 13.6. The minimum Gasteiger partial charge on any atom is -0.304 e. The third-order valence-electron chi connectivity index (χ3n) is 4.08. The van der Waals surface area contributed by atoms with Crippen molar-refractivity contribution >= 4 is 54.8 Å². The van der Waals surface area contributed by atoms with Crippen LogP contribution >= 0.6 is 22.7 Å². The van der Waals surface area contributed by atoms with Crippen LogP contribution in [0.3, 0.4) is 0 Å². The Balaban J connectivity index is 1.51. The Kier molecular flexibility index (Phi) is 3.92. The monoisotopic (exact) mass is 409 g/mol. The van der Waals surface area contributed by atoms with Gasteiger partial charge in [-0.05, 0) is 37.3 Å². The number of aryl methyl sites for hydroxylation is 1. The summed E-state index contributed by atoms with van der Waals surface area (Å²) in [5, 5.41) is 8.21. The van der Waals surface area contributed by atoms with Crippen molar-refractivity contribution in [1.82, 2.24) is 19.7 Å². The molecule has 0 aliphatic carbocycles. The van der Waals surface area contributed by atoms with Crippen LogP contribution in [0.4, 0.5) is 10.2 Å². The van der Waals surface area contributed by atoms with E-state index in [2.05, 4.69) is 20.4 Å². The van der Waals surface area contributed by atoms with Gasteiger partial charge in [0.15, 0.2) is 5.01 Å². The Morgan fingerprint density at radius 3 is 2.71 bits per heavy atom. The number of para-hydroxylation sites is 1. The maximum atomic E-state index is 13.5. The first-order valence-corrected chi connectivity index (χ1v) is 10.0. The van der Waals surface area contributed by atoms with E-state index in [9.17, 15) is 9.18 Å². The molecule has 1 N–H and O–H groups in total. The molecular weight excluding hydrogens is 397 g/mol. The minimum absolute atomic E-state index is 0.311. The average molecular weight is 409 g/mol. The number of nitrogens with zero attached hydrogens (tertiary/aromatic N) is 4. The molecule has 1 amide bonds. The van der Waals surface area contributed by atoms with Gasteiger partial charge in [0.2, 0.25) is 5.13 Å². The minimum atomic E-state index is -0.316. The molecule has 5 aromatic rings. The van der Waals surface area contributed by atoms with E-state index in [1.54, 1.807) is 16.8 Å². The summed E-state index contributed by atoms with van der Waals surface area (Å²) >= 11 is 2.63. The van der Waals surface area contributed by atoms with Crippen LogP contribution in [0.15, 0.2) is 48.5 Å². The van der Waals surface area contributed by atoms with Crippen molar-refractivity contribution in [2.45, 2.75) is 6.92 Å². The van der Waals surface area contributed by atoms with Gasteiger partial charge in [-0.1, -0.05) is 23.5 Å². The molecular formula is C19H12FN5OS2. The molecule has 9 heteroatoms. The van der Waals surface area contributed by atoms with Gasteiger partial charge in [0.05, 0.1) is 26.1 Å². The molecule has 3 aromatic heterocycles. The molecule has 3 heterocycles.